The number of aliphatic carboxylic acids is 3. The third-order valence-corrected chi connectivity index (χ3v) is 5.36. The Morgan fingerprint density at radius 1 is 0.773 bits per heavy atom. The van der Waals surface area contributed by atoms with Crippen LogP contribution in [0.1, 0.15) is 17.1 Å². The third-order valence-electron chi connectivity index (χ3n) is 5.36. The van der Waals surface area contributed by atoms with Crippen molar-refractivity contribution in [3.8, 4) is 0 Å². The number of phosphoric acid groups is 1. The summed E-state index contributed by atoms with van der Waals surface area (Å²) >= 11 is 0. The van der Waals surface area contributed by atoms with Crippen molar-refractivity contribution in [2.24, 2.45) is 0 Å². The predicted molar refractivity (Wildman–Crippen MR) is 123 cm³/mol. The van der Waals surface area contributed by atoms with E-state index in [0.29, 0.717) is 0 Å². The van der Waals surface area contributed by atoms with Gasteiger partial charge >= 0.3 is 114 Å². The molecule has 0 aromatic rings. The minimum atomic E-state index is -4.64. The Bertz CT molecular complexity index is 915. The Hall–Kier alpha value is 1.04. The van der Waals surface area contributed by atoms with Crippen LogP contribution in [0.25, 0.3) is 0 Å². The summed E-state index contributed by atoms with van der Waals surface area (Å²) in [6.07, 6.45) is -14.9. The Kier molecular flexibility index (Phi) is 26.7. The normalized spacial score (nSPS) is 31.3. The maximum absolute atomic E-state index is 10.3. The maximum Gasteiger partial charge on any atom is 1.00 e. The van der Waals surface area contributed by atoms with E-state index in [2.05, 4.69) is 0 Å². The van der Waals surface area contributed by atoms with Gasteiger partial charge in [0.25, 0.3) is 0 Å². The van der Waals surface area contributed by atoms with E-state index in [1.165, 1.54) is 0 Å². The molecule has 2 saturated heterocycles. The molecule has 26 heteroatoms. The Morgan fingerprint density at radius 3 is 1.48 bits per heavy atom. The second-order valence-electron chi connectivity index (χ2n) is 8.55. The first-order valence-corrected chi connectivity index (χ1v) is 12.6. The molecule has 0 unspecified atom stereocenters. The van der Waals surface area contributed by atoms with Crippen LogP contribution >= 0.6 is 7.82 Å². The number of ether oxygens (including phenoxy) is 3. The van der Waals surface area contributed by atoms with Crippen molar-refractivity contribution < 1.29 is 202 Å². The van der Waals surface area contributed by atoms with Crippen LogP contribution in [0.4, 0.5) is 0 Å². The summed E-state index contributed by atoms with van der Waals surface area (Å²) < 4.78 is 24.3. The quantitative estimate of drug-likeness (QED) is 0.0741. The number of carboxylic acids is 3. The fraction of sp³-hybridized carbons (Fsp3) is 0.833. The number of carboxylic acid groups (broad SMARTS) is 3. The van der Waals surface area contributed by atoms with Crippen LogP contribution in [-0.2, 0) is 33.2 Å². The maximum atomic E-state index is 10.3. The van der Waals surface area contributed by atoms with Crippen LogP contribution in [-0.4, -0.2) is 174 Å². The molecule has 2 aliphatic heterocycles. The van der Waals surface area contributed by atoms with Gasteiger partial charge in [0.05, 0.1) is 26.1 Å². The van der Waals surface area contributed by atoms with Gasteiger partial charge in [-0.15, -0.1) is 0 Å². The van der Waals surface area contributed by atoms with E-state index in [4.69, 9.17) is 64.1 Å². The molecular weight excluding hydrogens is 668 g/mol. The summed E-state index contributed by atoms with van der Waals surface area (Å²) in [5.74, 6) is -7.24. The zero-order valence-corrected chi connectivity index (χ0v) is 30.6. The van der Waals surface area contributed by atoms with Gasteiger partial charge in [0.2, 0.25) is 5.79 Å². The molecular formula is C18H36Na3O22P. The molecule has 0 spiro atoms. The number of rotatable bonds is 10. The number of aliphatic hydroxyl groups is 9. The van der Waals surface area contributed by atoms with Crippen molar-refractivity contribution in [2.45, 2.75) is 73.2 Å². The zero-order chi connectivity index (χ0) is 32.5. The number of hydrogen-bond acceptors (Lipinski definition) is 16. The summed E-state index contributed by atoms with van der Waals surface area (Å²) in [5.41, 5.74) is -2.74. The molecule has 0 aromatic carbocycles. The van der Waals surface area contributed by atoms with Gasteiger partial charge in [-0.2, -0.15) is 0 Å². The summed E-state index contributed by atoms with van der Waals surface area (Å²) in [7, 11) is -4.64. The first-order valence-electron chi connectivity index (χ1n) is 11.0. The van der Waals surface area contributed by atoms with E-state index in [0.717, 1.165) is 0 Å². The van der Waals surface area contributed by atoms with E-state index < -0.39 is 119 Å². The minimum Gasteiger partial charge on any atom is -1.00 e. The Balaban J connectivity index is -0.000000116. The van der Waals surface area contributed by atoms with Crippen molar-refractivity contribution in [1.82, 2.24) is 0 Å². The first-order chi connectivity index (χ1) is 18.6. The fourth-order valence-electron chi connectivity index (χ4n) is 3.35. The summed E-state index contributed by atoms with van der Waals surface area (Å²) in [6, 6.07) is 0. The van der Waals surface area contributed by atoms with Crippen molar-refractivity contribution in [3.63, 3.8) is 0 Å². The van der Waals surface area contributed by atoms with Gasteiger partial charge in [-0.3, -0.25) is 9.59 Å². The van der Waals surface area contributed by atoms with E-state index >= 15 is 0 Å². The number of carbonyl (C=O) groups is 3. The molecule has 0 radical (unpaired) electrons. The van der Waals surface area contributed by atoms with Gasteiger partial charge in [0.1, 0.15) is 49.3 Å². The van der Waals surface area contributed by atoms with E-state index in [-0.39, 0.29) is 93.0 Å². The Labute approximate surface area is 318 Å². The van der Waals surface area contributed by atoms with Crippen LogP contribution in [0.3, 0.4) is 0 Å². The molecule has 15 N–H and O–H groups in total. The standard InChI is InChI=1S/C12H22O11.C6H8O7.3Na.H3O4P.3H/c13-1-4-6(16)8(18)9(19)11(21-4)23-12(3-15)10(20)7(17)5(2-14)22-12;7-3(8)1-6(13,5(11)12)2-4(9)10;;;;1-5(2,3)4;;;/h4-11,13-20H,1-3H2;13H,1-2H2,(H,7,8)(H,9,10)(H,11,12);;;;(H3,1,2,3,4);;;/q;;3*+1;;3*-1/t4-,5-,6-,7-,8+,9-,10+,11-,12+;;;;;;;;/m1......../s1. The topological polar surface area (TPSA) is 399 Å². The molecule has 22 nitrogen and oxygen atoms in total. The van der Waals surface area contributed by atoms with Crippen LogP contribution < -0.4 is 88.7 Å². The van der Waals surface area contributed by atoms with Gasteiger partial charge in [-0.25, -0.2) is 9.36 Å². The largest absolute Gasteiger partial charge is 1.00 e. The zero-order valence-electron chi connectivity index (χ0n) is 26.7. The molecule has 248 valence electrons. The molecule has 0 saturated carbocycles. The van der Waals surface area contributed by atoms with Crippen LogP contribution in [0.2, 0.25) is 0 Å². The fourth-order valence-corrected chi connectivity index (χ4v) is 3.35. The average Bonchev–Trinajstić information content (AvgIpc) is 3.07. The summed E-state index contributed by atoms with van der Waals surface area (Å²) in [4.78, 5) is 52.0. The minimum absolute atomic E-state index is 0. The average molecular weight is 704 g/mol. The molecule has 2 heterocycles. The third kappa shape index (κ3) is 16.4. The molecule has 2 aliphatic rings. The van der Waals surface area contributed by atoms with E-state index in [9.17, 15) is 45.0 Å². The Morgan fingerprint density at radius 2 is 1.18 bits per heavy atom. The van der Waals surface area contributed by atoms with Gasteiger partial charge in [-0.1, -0.05) is 0 Å². The van der Waals surface area contributed by atoms with Crippen LogP contribution in [0.5, 0.6) is 0 Å². The molecule has 0 amide bonds. The predicted octanol–water partition coefficient (Wildman–Crippen LogP) is -16.2. The van der Waals surface area contributed by atoms with E-state index in [1.54, 1.807) is 0 Å². The summed E-state index contributed by atoms with van der Waals surface area (Å²) in [5, 5.41) is 110. The van der Waals surface area contributed by atoms with Crippen LogP contribution in [0.15, 0.2) is 0 Å². The van der Waals surface area contributed by atoms with Gasteiger partial charge in [0, 0.05) is 0 Å². The van der Waals surface area contributed by atoms with Crippen molar-refractivity contribution in [3.05, 3.63) is 0 Å². The number of hydrogen-bond donors (Lipinski definition) is 15. The first kappa shape index (κ1) is 51.9. The smallest absolute Gasteiger partial charge is 1.00 e. The molecule has 0 bridgehead atoms. The molecule has 0 aromatic heterocycles. The second kappa shape index (κ2) is 22.6. The molecule has 2 rings (SSSR count). The number of aliphatic hydroxyl groups excluding tert-OH is 8. The molecule has 0 aliphatic carbocycles. The summed E-state index contributed by atoms with van der Waals surface area (Å²) in [6.45, 7) is -2.32. The van der Waals surface area contributed by atoms with Crippen LogP contribution in [0, 0.1) is 0 Å². The van der Waals surface area contributed by atoms with Crippen molar-refractivity contribution in [2.75, 3.05) is 19.8 Å². The molecule has 9 atom stereocenters. The monoisotopic (exact) mass is 704 g/mol. The van der Waals surface area contributed by atoms with Gasteiger partial charge in [-0.05, 0) is 0 Å². The van der Waals surface area contributed by atoms with Crippen molar-refractivity contribution >= 4 is 25.7 Å². The van der Waals surface area contributed by atoms with Gasteiger partial charge < -0.3 is 94.4 Å². The molecule has 2 fully saturated rings. The van der Waals surface area contributed by atoms with Gasteiger partial charge in [0.15, 0.2) is 11.9 Å². The SMILES string of the molecule is O=C(O)CC(O)(CC(=O)O)C(=O)O.O=P(O)(O)O.OC[C@H]1O[C@@](CO)(O[C@H]2O[C@H](CO)[C@@H](O)[C@H](O)[C@H]2O)[C@@H](O)[C@@H]1O.[H-].[H-].[H-].[Na+].[Na+].[Na+]. The van der Waals surface area contributed by atoms with E-state index in [1.807, 2.05) is 0 Å². The molecule has 44 heavy (non-hydrogen) atoms. The van der Waals surface area contributed by atoms with Crippen molar-refractivity contribution in [1.29, 1.82) is 0 Å². The second-order valence-corrected chi connectivity index (χ2v) is 9.58.